The van der Waals surface area contributed by atoms with E-state index in [9.17, 15) is 0 Å². The summed E-state index contributed by atoms with van der Waals surface area (Å²) in [5.41, 5.74) is 5.33. The molecule has 1 atom stereocenters. The molecule has 0 aromatic heterocycles. The molecule has 9 heavy (non-hydrogen) atoms. The van der Waals surface area contributed by atoms with Crippen LogP contribution in [0.2, 0.25) is 0 Å². The lowest BCUT2D eigenvalue weighted by Crippen LogP contribution is -2.11. The van der Waals surface area contributed by atoms with Crippen molar-refractivity contribution in [3.05, 3.63) is 0 Å². The summed E-state index contributed by atoms with van der Waals surface area (Å²) in [6.07, 6.45) is 3.57. The number of hydrogen-bond donors (Lipinski definition) is 1. The molecule has 0 aromatic carbocycles. The Hall–Kier alpha value is 0.137. The quantitative estimate of drug-likeness (QED) is 0.530. The van der Waals surface area contributed by atoms with Crippen molar-refractivity contribution in [1.82, 2.24) is 0 Å². The molecule has 0 heterocycles. The molecule has 0 rings (SSSR count). The first kappa shape index (κ1) is 9.14. The Kier molecular flexibility index (Phi) is 6.35. The van der Waals surface area contributed by atoms with Crippen molar-refractivity contribution in [1.29, 1.82) is 0 Å². The summed E-state index contributed by atoms with van der Waals surface area (Å²) in [5, 5.41) is 0. The average Bonchev–Trinajstić information content (AvgIpc) is 1.85. The van der Waals surface area contributed by atoms with Crippen LogP contribution in [0.4, 0.5) is 0 Å². The lowest BCUT2D eigenvalue weighted by molar-refractivity contribution is 0.0937. The zero-order chi connectivity index (χ0) is 7.11. The third-order valence-electron chi connectivity index (χ3n) is 1.27. The molecule has 0 bridgehead atoms. The predicted molar refractivity (Wildman–Crippen MR) is 43.6 cm³/mol. The minimum Gasteiger partial charge on any atom is -0.383 e. The lowest BCUT2D eigenvalue weighted by atomic mass is 10.2. The molecular weight excluding hydrogens is 130 g/mol. The van der Waals surface area contributed by atoms with E-state index in [2.05, 4.69) is 6.92 Å². The van der Waals surface area contributed by atoms with Gasteiger partial charge in [0.05, 0.1) is 6.10 Å². The molecule has 2 N–H and O–H groups in total. The summed E-state index contributed by atoms with van der Waals surface area (Å²) in [6, 6.07) is 0. The maximum Gasteiger partial charge on any atom is 0.0542 e. The molecule has 0 fully saturated rings. The van der Waals surface area contributed by atoms with E-state index < -0.39 is 0 Å². The zero-order valence-electron chi connectivity index (χ0n) is 6.39. The summed E-state index contributed by atoms with van der Waals surface area (Å²) >= 11 is 0. The first-order valence-corrected chi connectivity index (χ1v) is 5.04. The standard InChI is InChI=1S/C6H17NOSi/c1-6(8-5-9)3-2-4-7/h6H,2-5,7H2,1,9H3. The van der Waals surface area contributed by atoms with Gasteiger partial charge in [0.1, 0.15) is 0 Å². The Morgan fingerprint density at radius 2 is 2.33 bits per heavy atom. The third-order valence-corrected chi connectivity index (χ3v) is 1.60. The van der Waals surface area contributed by atoms with E-state index in [4.69, 9.17) is 10.5 Å². The largest absolute Gasteiger partial charge is 0.383 e. The van der Waals surface area contributed by atoms with E-state index in [1.54, 1.807) is 0 Å². The van der Waals surface area contributed by atoms with Gasteiger partial charge in [0.15, 0.2) is 0 Å². The highest BCUT2D eigenvalue weighted by Gasteiger charge is 1.97. The molecule has 56 valence electrons. The Labute approximate surface area is 60.2 Å². The van der Waals surface area contributed by atoms with Gasteiger partial charge in [0.2, 0.25) is 0 Å². The van der Waals surface area contributed by atoms with Crippen LogP contribution in [0.15, 0.2) is 0 Å². The van der Waals surface area contributed by atoms with Gasteiger partial charge in [0.25, 0.3) is 0 Å². The maximum atomic E-state index is 5.35. The molecular formula is C6H17NOSi. The van der Waals surface area contributed by atoms with Crippen molar-refractivity contribution in [2.75, 3.05) is 12.8 Å². The van der Waals surface area contributed by atoms with Gasteiger partial charge in [-0.3, -0.25) is 0 Å². The van der Waals surface area contributed by atoms with Crippen LogP contribution in [0.3, 0.4) is 0 Å². The number of ether oxygens (including phenoxy) is 1. The van der Waals surface area contributed by atoms with Crippen LogP contribution in [0, 0.1) is 0 Å². The Morgan fingerprint density at radius 1 is 1.67 bits per heavy atom. The van der Waals surface area contributed by atoms with Gasteiger partial charge < -0.3 is 10.5 Å². The molecule has 1 unspecified atom stereocenters. The Bertz CT molecular complexity index is 61.0. The molecule has 0 radical (unpaired) electrons. The highest BCUT2D eigenvalue weighted by molar-refractivity contribution is 6.08. The second-order valence-corrected chi connectivity index (χ2v) is 2.77. The Balaban J connectivity index is 2.95. The van der Waals surface area contributed by atoms with E-state index in [1.807, 2.05) is 0 Å². The fourth-order valence-electron chi connectivity index (χ4n) is 0.773. The van der Waals surface area contributed by atoms with Gasteiger partial charge in [-0.2, -0.15) is 0 Å². The molecule has 0 spiro atoms. The molecule has 0 aliphatic carbocycles. The topological polar surface area (TPSA) is 35.2 Å². The molecule has 0 saturated heterocycles. The van der Waals surface area contributed by atoms with Gasteiger partial charge in [-0.25, -0.2) is 0 Å². The predicted octanol–water partition coefficient (Wildman–Crippen LogP) is -0.547. The van der Waals surface area contributed by atoms with E-state index in [0.717, 1.165) is 35.9 Å². The molecule has 2 nitrogen and oxygen atoms in total. The van der Waals surface area contributed by atoms with E-state index in [-0.39, 0.29) is 0 Å². The second-order valence-electron chi connectivity index (χ2n) is 2.20. The fraction of sp³-hybridized carbons (Fsp3) is 1.00. The molecule has 0 aliphatic heterocycles. The van der Waals surface area contributed by atoms with Crippen molar-refractivity contribution < 1.29 is 4.74 Å². The molecule has 0 saturated carbocycles. The van der Waals surface area contributed by atoms with Crippen LogP contribution < -0.4 is 5.73 Å². The monoisotopic (exact) mass is 147 g/mol. The van der Waals surface area contributed by atoms with Crippen molar-refractivity contribution >= 4 is 10.2 Å². The summed E-state index contributed by atoms with van der Waals surface area (Å²) in [7, 11) is 1.14. The van der Waals surface area contributed by atoms with E-state index in [1.165, 1.54) is 0 Å². The molecule has 3 heteroatoms. The number of nitrogens with two attached hydrogens (primary N) is 1. The number of hydrogen-bond acceptors (Lipinski definition) is 2. The fourth-order valence-corrected chi connectivity index (χ4v) is 1.34. The zero-order valence-corrected chi connectivity index (χ0v) is 8.39. The number of rotatable bonds is 5. The SMILES string of the molecule is CC(CCCN)OC[SiH3]. The van der Waals surface area contributed by atoms with Crippen LogP contribution in [-0.2, 0) is 4.74 Å². The summed E-state index contributed by atoms with van der Waals surface area (Å²) in [5.74, 6) is 0. The maximum absolute atomic E-state index is 5.35. The first-order chi connectivity index (χ1) is 4.31. The van der Waals surface area contributed by atoms with Crippen LogP contribution in [-0.4, -0.2) is 29.1 Å². The minimum atomic E-state index is 0.422. The average molecular weight is 147 g/mol. The van der Waals surface area contributed by atoms with Crippen molar-refractivity contribution in [2.45, 2.75) is 25.9 Å². The lowest BCUT2D eigenvalue weighted by Gasteiger charge is -2.09. The van der Waals surface area contributed by atoms with Crippen molar-refractivity contribution in [3.63, 3.8) is 0 Å². The van der Waals surface area contributed by atoms with Gasteiger partial charge in [-0.1, -0.05) is 0 Å². The van der Waals surface area contributed by atoms with Gasteiger partial charge in [0, 0.05) is 16.5 Å². The third kappa shape index (κ3) is 6.02. The molecule has 0 aromatic rings. The molecule has 0 aliphatic rings. The van der Waals surface area contributed by atoms with Crippen LogP contribution in [0.25, 0.3) is 0 Å². The van der Waals surface area contributed by atoms with Crippen LogP contribution in [0.1, 0.15) is 19.8 Å². The summed E-state index contributed by atoms with van der Waals surface area (Å²) in [4.78, 5) is 0. The van der Waals surface area contributed by atoms with Crippen LogP contribution >= 0.6 is 0 Å². The van der Waals surface area contributed by atoms with Crippen molar-refractivity contribution in [2.24, 2.45) is 5.73 Å². The van der Waals surface area contributed by atoms with Gasteiger partial charge >= 0.3 is 0 Å². The summed E-state index contributed by atoms with van der Waals surface area (Å²) < 4.78 is 5.35. The van der Waals surface area contributed by atoms with Crippen LogP contribution in [0.5, 0.6) is 0 Å². The van der Waals surface area contributed by atoms with Crippen molar-refractivity contribution in [3.8, 4) is 0 Å². The molecule has 0 amide bonds. The Morgan fingerprint density at radius 3 is 2.78 bits per heavy atom. The first-order valence-electron chi connectivity index (χ1n) is 3.63. The highest BCUT2D eigenvalue weighted by atomic mass is 28.1. The van der Waals surface area contributed by atoms with Gasteiger partial charge in [-0.15, -0.1) is 0 Å². The van der Waals surface area contributed by atoms with Gasteiger partial charge in [-0.05, 0) is 26.3 Å². The van der Waals surface area contributed by atoms with E-state index in [0.29, 0.717) is 6.10 Å². The minimum absolute atomic E-state index is 0.422. The smallest absolute Gasteiger partial charge is 0.0542 e. The highest BCUT2D eigenvalue weighted by Crippen LogP contribution is 1.98. The normalized spacial score (nSPS) is 14.0. The van der Waals surface area contributed by atoms with E-state index >= 15 is 0 Å². The summed E-state index contributed by atoms with van der Waals surface area (Å²) in [6.45, 7) is 2.89. The second kappa shape index (κ2) is 6.26.